The van der Waals surface area contributed by atoms with E-state index in [1.807, 2.05) is 13.0 Å². The summed E-state index contributed by atoms with van der Waals surface area (Å²) >= 11 is 3.32. The number of piperazine rings is 1. The molecule has 1 N–H and O–H groups in total. The molecule has 0 radical (unpaired) electrons. The van der Waals surface area contributed by atoms with Crippen molar-refractivity contribution >= 4 is 21.8 Å². The topological polar surface area (TPSA) is 32.3 Å². The molecule has 1 unspecified atom stereocenters. The summed E-state index contributed by atoms with van der Waals surface area (Å²) in [6.07, 6.45) is -2.54. The molecule has 1 atom stereocenters. The van der Waals surface area contributed by atoms with Crippen LogP contribution in [0.25, 0.3) is 0 Å². The van der Waals surface area contributed by atoms with E-state index in [0.29, 0.717) is 18.7 Å². The molecule has 1 aromatic carbocycles. The van der Waals surface area contributed by atoms with Gasteiger partial charge in [0.05, 0.1) is 0 Å². The third kappa shape index (κ3) is 3.30. The monoisotopic (exact) mass is 332 g/mol. The lowest BCUT2D eigenvalue weighted by Crippen LogP contribution is -2.56. The predicted molar refractivity (Wildman–Crippen MR) is 72.6 cm³/mol. The number of alkyl halides is 2. The predicted octanol–water partition coefficient (Wildman–Crippen LogP) is 2.44. The van der Waals surface area contributed by atoms with Crippen molar-refractivity contribution in [2.45, 2.75) is 19.4 Å². The molecule has 0 aliphatic carbocycles. The summed E-state index contributed by atoms with van der Waals surface area (Å²) in [7, 11) is 0. The molecule has 0 aromatic heterocycles. The van der Waals surface area contributed by atoms with Crippen molar-refractivity contribution in [3.63, 3.8) is 0 Å². The van der Waals surface area contributed by atoms with Crippen LogP contribution in [-0.4, -0.2) is 42.9 Å². The van der Waals surface area contributed by atoms with Crippen LogP contribution in [0, 0.1) is 6.92 Å². The fraction of sp³-hybridized carbons (Fsp3) is 0.462. The molecule has 1 heterocycles. The second-order valence-corrected chi connectivity index (χ2v) is 5.54. The van der Waals surface area contributed by atoms with Gasteiger partial charge in [-0.3, -0.25) is 4.79 Å². The van der Waals surface area contributed by atoms with Gasteiger partial charge >= 0.3 is 0 Å². The maximum absolute atomic E-state index is 13.0. The van der Waals surface area contributed by atoms with Crippen LogP contribution < -0.4 is 5.32 Å². The van der Waals surface area contributed by atoms with Gasteiger partial charge < -0.3 is 10.2 Å². The van der Waals surface area contributed by atoms with Crippen molar-refractivity contribution < 1.29 is 13.6 Å². The van der Waals surface area contributed by atoms with Gasteiger partial charge in [0.25, 0.3) is 12.3 Å². The number of nitrogens with zero attached hydrogens (tertiary/aromatic N) is 1. The first-order chi connectivity index (χ1) is 8.99. The molecular formula is C13H15BrF2N2O. The van der Waals surface area contributed by atoms with Gasteiger partial charge in [-0.25, -0.2) is 8.78 Å². The first-order valence-electron chi connectivity index (χ1n) is 6.06. The van der Waals surface area contributed by atoms with Crippen molar-refractivity contribution in [1.82, 2.24) is 10.2 Å². The molecule has 19 heavy (non-hydrogen) atoms. The van der Waals surface area contributed by atoms with Crippen LogP contribution in [0.15, 0.2) is 22.7 Å². The van der Waals surface area contributed by atoms with E-state index in [2.05, 4.69) is 21.2 Å². The third-order valence-electron chi connectivity index (χ3n) is 3.12. The van der Waals surface area contributed by atoms with E-state index in [1.54, 1.807) is 12.1 Å². The molecule has 1 fully saturated rings. The average molecular weight is 333 g/mol. The lowest BCUT2D eigenvalue weighted by Gasteiger charge is -2.35. The fourth-order valence-corrected chi connectivity index (χ4v) is 2.84. The summed E-state index contributed by atoms with van der Waals surface area (Å²) in [5.74, 6) is -0.337. The summed E-state index contributed by atoms with van der Waals surface area (Å²) < 4.78 is 26.7. The van der Waals surface area contributed by atoms with Crippen LogP contribution in [-0.2, 0) is 0 Å². The minimum absolute atomic E-state index is 0.135. The van der Waals surface area contributed by atoms with E-state index in [0.717, 1.165) is 10.0 Å². The molecule has 2 rings (SSSR count). The lowest BCUT2D eigenvalue weighted by molar-refractivity contribution is 0.0126. The van der Waals surface area contributed by atoms with Crippen molar-refractivity contribution in [2.75, 3.05) is 19.6 Å². The maximum atomic E-state index is 13.0. The Morgan fingerprint density at radius 3 is 2.84 bits per heavy atom. The molecule has 1 aliphatic rings. The summed E-state index contributed by atoms with van der Waals surface area (Å²) in [6.45, 7) is 2.85. The number of carbonyl (C=O) groups is 1. The zero-order valence-electron chi connectivity index (χ0n) is 10.5. The highest BCUT2D eigenvalue weighted by Crippen LogP contribution is 2.20. The zero-order chi connectivity index (χ0) is 14.0. The molecule has 6 heteroatoms. The third-order valence-corrected chi connectivity index (χ3v) is 3.58. The molecule has 0 saturated carbocycles. The Bertz CT molecular complexity index is 461. The van der Waals surface area contributed by atoms with Gasteiger partial charge in [-0.15, -0.1) is 0 Å². The number of hydrogen-bond acceptors (Lipinski definition) is 2. The van der Waals surface area contributed by atoms with E-state index >= 15 is 0 Å². The summed E-state index contributed by atoms with van der Waals surface area (Å²) in [5.41, 5.74) is 1.36. The van der Waals surface area contributed by atoms with Gasteiger partial charge in [-0.2, -0.15) is 0 Å². The highest BCUT2D eigenvalue weighted by Gasteiger charge is 2.33. The number of hydrogen-bond donors (Lipinski definition) is 1. The van der Waals surface area contributed by atoms with Gasteiger partial charge in [0.15, 0.2) is 0 Å². The molecule has 1 saturated heterocycles. The lowest BCUT2D eigenvalue weighted by atomic mass is 10.1. The first-order valence-corrected chi connectivity index (χ1v) is 6.85. The highest BCUT2D eigenvalue weighted by atomic mass is 79.9. The highest BCUT2D eigenvalue weighted by molar-refractivity contribution is 9.10. The standard InChI is InChI=1S/C13H15BrF2N2O/c1-8-4-9(6-10(14)5-8)13(19)18-3-2-17-7-11(18)12(15)16/h4-6,11-12,17H,2-3,7H2,1H3. The van der Waals surface area contributed by atoms with Crippen molar-refractivity contribution in [3.05, 3.63) is 33.8 Å². The number of aryl methyl sites for hydroxylation is 1. The van der Waals surface area contributed by atoms with Crippen LogP contribution in [0.5, 0.6) is 0 Å². The Morgan fingerprint density at radius 2 is 2.21 bits per heavy atom. The zero-order valence-corrected chi connectivity index (χ0v) is 12.1. The van der Waals surface area contributed by atoms with Crippen molar-refractivity contribution in [2.24, 2.45) is 0 Å². The number of amides is 1. The second-order valence-electron chi connectivity index (χ2n) is 4.62. The minimum Gasteiger partial charge on any atom is -0.327 e. The largest absolute Gasteiger partial charge is 0.327 e. The maximum Gasteiger partial charge on any atom is 0.259 e. The molecular weight excluding hydrogens is 318 g/mol. The Hall–Kier alpha value is -1.01. The molecule has 1 aliphatic heterocycles. The van der Waals surface area contributed by atoms with Gasteiger partial charge in [0.2, 0.25) is 0 Å². The summed E-state index contributed by atoms with van der Waals surface area (Å²) in [5, 5.41) is 2.89. The fourth-order valence-electron chi connectivity index (χ4n) is 2.23. The minimum atomic E-state index is -2.54. The van der Waals surface area contributed by atoms with Gasteiger partial charge in [-0.05, 0) is 30.7 Å². The van der Waals surface area contributed by atoms with Crippen molar-refractivity contribution in [1.29, 1.82) is 0 Å². The molecule has 3 nitrogen and oxygen atoms in total. The van der Waals surface area contributed by atoms with Crippen molar-refractivity contribution in [3.8, 4) is 0 Å². The normalized spacial score (nSPS) is 19.8. The second kappa shape index (κ2) is 5.96. The molecule has 0 bridgehead atoms. The number of halogens is 3. The Labute approximate surface area is 119 Å². The number of carbonyl (C=O) groups excluding carboxylic acids is 1. The van der Waals surface area contributed by atoms with E-state index in [1.165, 1.54) is 4.90 Å². The van der Waals surface area contributed by atoms with E-state index in [9.17, 15) is 13.6 Å². The van der Waals surface area contributed by atoms with E-state index in [-0.39, 0.29) is 12.5 Å². The quantitative estimate of drug-likeness (QED) is 0.902. The number of rotatable bonds is 2. The molecule has 104 valence electrons. The summed E-state index contributed by atoms with van der Waals surface area (Å²) in [6, 6.07) is 4.21. The smallest absolute Gasteiger partial charge is 0.259 e. The Balaban J connectivity index is 2.26. The van der Waals surface area contributed by atoms with Crippen LogP contribution in [0.4, 0.5) is 8.78 Å². The van der Waals surface area contributed by atoms with Gasteiger partial charge in [0, 0.05) is 29.7 Å². The number of nitrogens with one attached hydrogen (secondary N) is 1. The summed E-state index contributed by atoms with van der Waals surface area (Å²) in [4.78, 5) is 13.6. The van der Waals surface area contributed by atoms with Crippen LogP contribution in [0.3, 0.4) is 0 Å². The average Bonchev–Trinajstić information content (AvgIpc) is 2.36. The van der Waals surface area contributed by atoms with Gasteiger partial charge in [0.1, 0.15) is 6.04 Å². The Morgan fingerprint density at radius 1 is 1.47 bits per heavy atom. The molecule has 1 amide bonds. The van der Waals surface area contributed by atoms with Crippen LogP contribution in [0.2, 0.25) is 0 Å². The Kier molecular flexibility index (Phi) is 4.52. The van der Waals surface area contributed by atoms with E-state index < -0.39 is 12.5 Å². The van der Waals surface area contributed by atoms with Gasteiger partial charge in [-0.1, -0.05) is 15.9 Å². The van der Waals surface area contributed by atoms with Crippen LogP contribution >= 0.6 is 15.9 Å². The van der Waals surface area contributed by atoms with E-state index in [4.69, 9.17) is 0 Å². The molecule has 0 spiro atoms. The molecule has 1 aromatic rings. The first kappa shape index (κ1) is 14.4. The number of benzene rings is 1. The van der Waals surface area contributed by atoms with Crippen LogP contribution in [0.1, 0.15) is 15.9 Å². The SMILES string of the molecule is Cc1cc(Br)cc(C(=O)N2CCNCC2C(F)F)c1.